The van der Waals surface area contributed by atoms with Crippen LogP contribution in [-0.2, 0) is 19.7 Å². The quantitative estimate of drug-likeness (QED) is 0.423. The van der Waals surface area contributed by atoms with Crippen LogP contribution in [-0.4, -0.2) is 41.0 Å². The van der Waals surface area contributed by atoms with E-state index in [0.29, 0.717) is 18.7 Å². The predicted molar refractivity (Wildman–Crippen MR) is 124 cm³/mol. The third kappa shape index (κ3) is 4.22. The van der Waals surface area contributed by atoms with E-state index in [2.05, 4.69) is 20.8 Å². The zero-order valence-corrected chi connectivity index (χ0v) is 19.2. The number of carbonyl (C=O) groups excluding carboxylic acids is 2. The van der Waals surface area contributed by atoms with E-state index in [9.17, 15) is 14.7 Å². The van der Waals surface area contributed by atoms with Crippen LogP contribution in [0, 0.1) is 6.92 Å². The van der Waals surface area contributed by atoms with Crippen molar-refractivity contribution >= 4 is 17.4 Å². The minimum Gasteiger partial charge on any atom is -0.507 e. The molecule has 2 atom stereocenters. The van der Waals surface area contributed by atoms with Crippen molar-refractivity contribution in [3.8, 4) is 0 Å². The van der Waals surface area contributed by atoms with Crippen LogP contribution in [0.25, 0.3) is 5.76 Å². The number of Topliss-reactive ketones (excluding diaryl/α,β-unsaturated/α-hetero) is 1. The van der Waals surface area contributed by atoms with Crippen molar-refractivity contribution in [1.29, 1.82) is 0 Å². The lowest BCUT2D eigenvalue weighted by molar-refractivity contribution is -0.140. The molecule has 0 aliphatic carbocycles. The monoisotopic (exact) mass is 433 g/mol. The Morgan fingerprint density at radius 1 is 1.06 bits per heavy atom. The van der Waals surface area contributed by atoms with Crippen LogP contribution in [0.3, 0.4) is 0 Å². The van der Waals surface area contributed by atoms with E-state index in [4.69, 9.17) is 4.74 Å². The van der Waals surface area contributed by atoms with E-state index < -0.39 is 17.7 Å². The second-order valence-electron chi connectivity index (χ2n) is 9.82. The standard InChI is InChI=1S/C27H31NO4/c1-17-7-9-19(10-8-17)24(29)22-23(18-11-13-20(14-12-18)27(2,3)4)28(26(31)25(22)30)16-21-6-5-15-32-21/h7-14,21,23,29H,5-6,15-16H2,1-4H3/t21-,23+/m0/s1. The predicted octanol–water partition coefficient (Wildman–Crippen LogP) is 4.89. The summed E-state index contributed by atoms with van der Waals surface area (Å²) >= 11 is 0. The van der Waals surface area contributed by atoms with Crippen LogP contribution in [0.5, 0.6) is 0 Å². The largest absolute Gasteiger partial charge is 0.507 e. The zero-order valence-electron chi connectivity index (χ0n) is 19.2. The summed E-state index contributed by atoms with van der Waals surface area (Å²) in [7, 11) is 0. The summed E-state index contributed by atoms with van der Waals surface area (Å²) in [6.45, 7) is 9.39. The number of hydrogen-bond donors (Lipinski definition) is 1. The second-order valence-corrected chi connectivity index (χ2v) is 9.82. The highest BCUT2D eigenvalue weighted by molar-refractivity contribution is 6.46. The van der Waals surface area contributed by atoms with Crippen LogP contribution in [0.15, 0.2) is 54.1 Å². The van der Waals surface area contributed by atoms with Gasteiger partial charge in [-0.05, 0) is 36.3 Å². The van der Waals surface area contributed by atoms with E-state index >= 15 is 0 Å². The summed E-state index contributed by atoms with van der Waals surface area (Å²) < 4.78 is 5.76. The SMILES string of the molecule is Cc1ccc(C(O)=C2C(=O)C(=O)N(C[C@@H]3CCCO3)[C@@H]2c2ccc(C(C)(C)C)cc2)cc1. The highest BCUT2D eigenvalue weighted by atomic mass is 16.5. The molecule has 168 valence electrons. The molecule has 2 aromatic carbocycles. The van der Waals surface area contributed by atoms with Gasteiger partial charge in [0.2, 0.25) is 0 Å². The van der Waals surface area contributed by atoms with Crippen LogP contribution in [0.4, 0.5) is 0 Å². The zero-order chi connectivity index (χ0) is 23.0. The third-order valence-electron chi connectivity index (χ3n) is 6.38. The molecule has 2 aliphatic rings. The van der Waals surface area contributed by atoms with Crippen LogP contribution in [0.2, 0.25) is 0 Å². The third-order valence-corrected chi connectivity index (χ3v) is 6.38. The Bertz CT molecular complexity index is 1040. The second kappa shape index (κ2) is 8.55. The van der Waals surface area contributed by atoms with E-state index in [1.165, 1.54) is 0 Å². The highest BCUT2D eigenvalue weighted by Gasteiger charge is 2.47. The molecule has 0 saturated carbocycles. The number of carbonyl (C=O) groups is 2. The Kier molecular flexibility index (Phi) is 5.95. The van der Waals surface area contributed by atoms with Gasteiger partial charge in [-0.25, -0.2) is 0 Å². The molecule has 5 nitrogen and oxygen atoms in total. The van der Waals surface area contributed by atoms with Crippen molar-refractivity contribution in [1.82, 2.24) is 4.90 Å². The van der Waals surface area contributed by atoms with Crippen LogP contribution >= 0.6 is 0 Å². The number of aryl methyl sites for hydroxylation is 1. The fraction of sp³-hybridized carbons (Fsp3) is 0.407. The average Bonchev–Trinajstić information content (AvgIpc) is 3.36. The molecule has 2 saturated heterocycles. The molecule has 2 aliphatic heterocycles. The van der Waals surface area contributed by atoms with Crippen molar-refractivity contribution in [3.05, 3.63) is 76.4 Å². The number of nitrogens with zero attached hydrogens (tertiary/aromatic N) is 1. The molecular formula is C27H31NO4. The molecule has 2 aromatic rings. The van der Waals surface area contributed by atoms with Gasteiger partial charge in [-0.2, -0.15) is 0 Å². The van der Waals surface area contributed by atoms with Gasteiger partial charge >= 0.3 is 0 Å². The van der Waals surface area contributed by atoms with Crippen LogP contribution in [0.1, 0.15) is 61.9 Å². The molecule has 2 fully saturated rings. The fourth-order valence-electron chi connectivity index (χ4n) is 4.45. The Hall–Kier alpha value is -2.92. The summed E-state index contributed by atoms with van der Waals surface area (Å²) in [5, 5.41) is 11.1. The normalized spacial score (nSPS) is 23.2. The number of aliphatic hydroxyl groups is 1. The molecule has 1 N–H and O–H groups in total. The topological polar surface area (TPSA) is 66.8 Å². The van der Waals surface area contributed by atoms with Gasteiger partial charge in [0, 0.05) is 18.7 Å². The lowest BCUT2D eigenvalue weighted by Gasteiger charge is -2.28. The maximum absolute atomic E-state index is 13.1. The average molecular weight is 434 g/mol. The van der Waals surface area contributed by atoms with E-state index in [1.54, 1.807) is 17.0 Å². The van der Waals surface area contributed by atoms with Gasteiger partial charge in [0.1, 0.15) is 5.76 Å². The number of hydrogen-bond acceptors (Lipinski definition) is 4. The first-order valence-corrected chi connectivity index (χ1v) is 11.2. The molecule has 32 heavy (non-hydrogen) atoms. The van der Waals surface area contributed by atoms with Crippen molar-refractivity contribution in [2.24, 2.45) is 0 Å². The van der Waals surface area contributed by atoms with Crippen molar-refractivity contribution in [3.63, 3.8) is 0 Å². The number of ketones is 1. The fourth-order valence-corrected chi connectivity index (χ4v) is 4.45. The first-order valence-electron chi connectivity index (χ1n) is 11.2. The Balaban J connectivity index is 1.81. The summed E-state index contributed by atoms with van der Waals surface area (Å²) in [5.74, 6) is -1.37. The number of amides is 1. The van der Waals surface area contributed by atoms with Crippen LogP contribution < -0.4 is 0 Å². The molecule has 0 aromatic heterocycles. The van der Waals surface area contributed by atoms with E-state index in [1.807, 2.05) is 43.3 Å². The number of rotatable bonds is 4. The molecule has 0 bridgehead atoms. The maximum atomic E-state index is 13.1. The first-order chi connectivity index (χ1) is 15.2. The van der Waals surface area contributed by atoms with Gasteiger partial charge in [-0.15, -0.1) is 0 Å². The molecule has 4 rings (SSSR count). The minimum atomic E-state index is -0.647. The maximum Gasteiger partial charge on any atom is 0.295 e. The molecule has 0 radical (unpaired) electrons. The summed E-state index contributed by atoms with van der Waals surface area (Å²) in [5.41, 5.74) is 3.68. The van der Waals surface area contributed by atoms with E-state index in [0.717, 1.165) is 29.5 Å². The highest BCUT2D eigenvalue weighted by Crippen LogP contribution is 2.40. The number of likely N-dealkylation sites (tertiary alicyclic amines) is 1. The minimum absolute atomic E-state index is 0.0140. The molecule has 0 spiro atoms. The lowest BCUT2D eigenvalue weighted by Crippen LogP contribution is -2.36. The number of ether oxygens (including phenoxy) is 1. The van der Waals surface area contributed by atoms with Gasteiger partial charge in [-0.3, -0.25) is 9.59 Å². The summed E-state index contributed by atoms with van der Waals surface area (Å²) in [6.07, 6.45) is 1.71. The van der Waals surface area contributed by atoms with E-state index in [-0.39, 0.29) is 22.9 Å². The molecule has 5 heteroatoms. The Morgan fingerprint density at radius 2 is 1.72 bits per heavy atom. The van der Waals surface area contributed by atoms with Gasteiger partial charge in [0.25, 0.3) is 11.7 Å². The van der Waals surface area contributed by atoms with Gasteiger partial charge in [-0.1, -0.05) is 74.9 Å². The van der Waals surface area contributed by atoms with Gasteiger partial charge in [0.05, 0.1) is 17.7 Å². The number of aliphatic hydroxyl groups excluding tert-OH is 1. The summed E-state index contributed by atoms with van der Waals surface area (Å²) in [4.78, 5) is 27.8. The number of benzene rings is 2. The Morgan fingerprint density at radius 3 is 2.28 bits per heavy atom. The lowest BCUT2D eigenvalue weighted by atomic mass is 9.85. The molecular weight excluding hydrogens is 402 g/mol. The van der Waals surface area contributed by atoms with Crippen molar-refractivity contribution < 1.29 is 19.4 Å². The van der Waals surface area contributed by atoms with Gasteiger partial charge in [0.15, 0.2) is 0 Å². The molecule has 2 heterocycles. The Labute approximate surface area is 189 Å². The molecule has 1 amide bonds. The molecule has 0 unspecified atom stereocenters. The smallest absolute Gasteiger partial charge is 0.295 e. The van der Waals surface area contributed by atoms with Crippen molar-refractivity contribution in [2.45, 2.75) is 58.1 Å². The summed E-state index contributed by atoms with van der Waals surface area (Å²) in [6, 6.07) is 14.7. The first kappa shape index (κ1) is 22.3. The van der Waals surface area contributed by atoms with Crippen molar-refractivity contribution in [2.75, 3.05) is 13.2 Å². The van der Waals surface area contributed by atoms with Gasteiger partial charge < -0.3 is 14.7 Å².